The van der Waals surface area contributed by atoms with Crippen LogP contribution in [0.3, 0.4) is 0 Å². The summed E-state index contributed by atoms with van der Waals surface area (Å²) in [5.74, 6) is -0.376. The summed E-state index contributed by atoms with van der Waals surface area (Å²) in [5.41, 5.74) is 6.70. The lowest BCUT2D eigenvalue weighted by Crippen LogP contribution is -2.50. The lowest BCUT2D eigenvalue weighted by atomic mass is 10.1. The van der Waals surface area contributed by atoms with Crippen molar-refractivity contribution in [2.75, 3.05) is 13.1 Å². The number of nitrogens with two attached hydrogens (primary N) is 1. The Hall–Kier alpha value is -1.92. The summed E-state index contributed by atoms with van der Waals surface area (Å²) in [7, 11) is 0. The Balaban J connectivity index is 1.99. The molecule has 2 amide bonds. The van der Waals surface area contributed by atoms with Crippen LogP contribution in [0.5, 0.6) is 0 Å². The summed E-state index contributed by atoms with van der Waals surface area (Å²) in [6, 6.07) is 8.83. The fourth-order valence-electron chi connectivity index (χ4n) is 2.56. The summed E-state index contributed by atoms with van der Waals surface area (Å²) in [5, 5.41) is 3.29. The summed E-state index contributed by atoms with van der Waals surface area (Å²) in [6.07, 6.45) is 1.85. The molecule has 6 heteroatoms. The number of nitrogens with zero attached hydrogens (tertiary/aromatic N) is 1. The van der Waals surface area contributed by atoms with Gasteiger partial charge in [-0.3, -0.25) is 4.79 Å². The van der Waals surface area contributed by atoms with E-state index in [0.717, 1.165) is 29.8 Å². The van der Waals surface area contributed by atoms with Gasteiger partial charge in [-0.15, -0.1) is 0 Å². The maximum atomic E-state index is 12.4. The highest BCUT2D eigenvalue weighted by Gasteiger charge is 2.30. The highest BCUT2D eigenvalue weighted by Crippen LogP contribution is 2.11. The zero-order chi connectivity index (χ0) is 16.7. The number of imide groups is 1. The lowest BCUT2D eigenvalue weighted by Gasteiger charge is -2.25. The predicted molar refractivity (Wildman–Crippen MR) is 87.6 cm³/mol. The summed E-state index contributed by atoms with van der Waals surface area (Å²) < 4.78 is 5.30. The van der Waals surface area contributed by atoms with Crippen molar-refractivity contribution >= 4 is 12.0 Å². The molecule has 1 aromatic rings. The Bertz CT molecular complexity index is 515. The van der Waals surface area contributed by atoms with Gasteiger partial charge in [-0.25, -0.2) is 9.69 Å². The van der Waals surface area contributed by atoms with Crippen molar-refractivity contribution in [2.45, 2.75) is 44.9 Å². The number of hydrogen-bond acceptors (Lipinski definition) is 5. The van der Waals surface area contributed by atoms with E-state index in [4.69, 9.17) is 10.5 Å². The molecule has 3 N–H and O–H groups in total. The van der Waals surface area contributed by atoms with Crippen molar-refractivity contribution in [2.24, 2.45) is 5.73 Å². The lowest BCUT2D eigenvalue weighted by molar-refractivity contribution is -0.131. The molecule has 2 atom stereocenters. The Labute approximate surface area is 137 Å². The first kappa shape index (κ1) is 17.4. The van der Waals surface area contributed by atoms with Crippen molar-refractivity contribution < 1.29 is 14.3 Å². The van der Waals surface area contributed by atoms with Crippen LogP contribution in [0.1, 0.15) is 31.7 Å². The average molecular weight is 319 g/mol. The van der Waals surface area contributed by atoms with E-state index < -0.39 is 12.1 Å². The zero-order valence-corrected chi connectivity index (χ0v) is 13.5. The summed E-state index contributed by atoms with van der Waals surface area (Å²) >= 11 is 0. The van der Waals surface area contributed by atoms with Crippen LogP contribution in [0.15, 0.2) is 30.3 Å². The topological polar surface area (TPSA) is 84.7 Å². The van der Waals surface area contributed by atoms with Crippen LogP contribution < -0.4 is 11.1 Å². The number of carbonyl (C=O) groups excluding carboxylic acids is 2. The second-order valence-corrected chi connectivity index (χ2v) is 5.80. The molecule has 2 rings (SSSR count). The third kappa shape index (κ3) is 5.04. The van der Waals surface area contributed by atoms with Crippen LogP contribution in [0, 0.1) is 0 Å². The molecular weight excluding hydrogens is 294 g/mol. The second-order valence-electron chi connectivity index (χ2n) is 5.80. The van der Waals surface area contributed by atoms with Gasteiger partial charge < -0.3 is 15.8 Å². The minimum atomic E-state index is -0.680. The smallest absolute Gasteiger partial charge is 0.416 e. The van der Waals surface area contributed by atoms with Crippen LogP contribution in [0.2, 0.25) is 0 Å². The van der Waals surface area contributed by atoms with Gasteiger partial charge in [0.25, 0.3) is 0 Å². The van der Waals surface area contributed by atoms with Gasteiger partial charge in [-0.2, -0.15) is 0 Å². The van der Waals surface area contributed by atoms with Crippen molar-refractivity contribution in [1.29, 1.82) is 0 Å². The number of nitrogens with one attached hydrogen (secondary N) is 1. The third-order valence-electron chi connectivity index (χ3n) is 4.01. The second kappa shape index (κ2) is 8.64. The number of ether oxygens (including phenoxy) is 1. The molecule has 6 nitrogen and oxygen atoms in total. The number of carbonyl (C=O) groups is 2. The maximum Gasteiger partial charge on any atom is 0.416 e. The Morgan fingerprint density at radius 2 is 2.13 bits per heavy atom. The first-order chi connectivity index (χ1) is 11.1. The first-order valence-corrected chi connectivity index (χ1v) is 8.12. The fraction of sp³-hybridized carbons (Fsp3) is 0.529. The van der Waals surface area contributed by atoms with E-state index in [1.54, 1.807) is 0 Å². The van der Waals surface area contributed by atoms with Crippen LogP contribution in [-0.2, 0) is 16.1 Å². The van der Waals surface area contributed by atoms with Crippen molar-refractivity contribution in [3.63, 3.8) is 0 Å². The van der Waals surface area contributed by atoms with Gasteiger partial charge in [0.2, 0.25) is 5.91 Å². The largest absolute Gasteiger partial charge is 0.444 e. The van der Waals surface area contributed by atoms with Crippen molar-refractivity contribution in [3.8, 4) is 0 Å². The Kier molecular flexibility index (Phi) is 6.55. The van der Waals surface area contributed by atoms with Crippen LogP contribution in [-0.4, -0.2) is 42.1 Å². The molecule has 1 fully saturated rings. The molecule has 0 radical (unpaired) electrons. The minimum Gasteiger partial charge on any atom is -0.444 e. The predicted octanol–water partition coefficient (Wildman–Crippen LogP) is 1.64. The van der Waals surface area contributed by atoms with Gasteiger partial charge >= 0.3 is 6.09 Å². The van der Waals surface area contributed by atoms with Gasteiger partial charge in [0.1, 0.15) is 6.61 Å². The molecule has 0 spiro atoms. The van der Waals surface area contributed by atoms with E-state index in [0.29, 0.717) is 13.0 Å². The molecule has 1 aliphatic rings. The molecule has 1 aromatic carbocycles. The number of hydrogen-bond donors (Lipinski definition) is 2. The molecule has 0 aromatic heterocycles. The van der Waals surface area contributed by atoms with Gasteiger partial charge in [-0.05, 0) is 31.4 Å². The van der Waals surface area contributed by atoms with E-state index in [1.165, 1.54) is 0 Å². The number of amides is 2. The molecule has 126 valence electrons. The molecule has 0 saturated carbocycles. The van der Waals surface area contributed by atoms with Crippen LogP contribution in [0.4, 0.5) is 4.79 Å². The summed E-state index contributed by atoms with van der Waals surface area (Å²) in [4.78, 5) is 25.9. The Morgan fingerprint density at radius 3 is 2.74 bits per heavy atom. The van der Waals surface area contributed by atoms with Crippen LogP contribution >= 0.6 is 0 Å². The molecule has 1 heterocycles. The third-order valence-corrected chi connectivity index (χ3v) is 4.01. The number of rotatable bonds is 6. The average Bonchev–Trinajstić information content (AvgIpc) is 3.10. The highest BCUT2D eigenvalue weighted by atomic mass is 16.6. The molecule has 23 heavy (non-hydrogen) atoms. The zero-order valence-electron chi connectivity index (χ0n) is 13.5. The van der Waals surface area contributed by atoms with Gasteiger partial charge in [0, 0.05) is 12.6 Å². The van der Waals surface area contributed by atoms with Crippen molar-refractivity contribution in [1.82, 2.24) is 10.2 Å². The molecule has 1 saturated heterocycles. The SMILES string of the molecule is CCC(N)C(=O)N(CC1CCCN1)C(=O)OCc1ccccc1. The van der Waals surface area contributed by atoms with E-state index in [2.05, 4.69) is 5.32 Å². The van der Waals surface area contributed by atoms with E-state index in [9.17, 15) is 9.59 Å². The molecule has 2 unspecified atom stereocenters. The van der Waals surface area contributed by atoms with E-state index >= 15 is 0 Å². The van der Waals surface area contributed by atoms with Crippen LogP contribution in [0.25, 0.3) is 0 Å². The Morgan fingerprint density at radius 1 is 1.39 bits per heavy atom. The van der Waals surface area contributed by atoms with E-state index in [1.807, 2.05) is 37.3 Å². The van der Waals surface area contributed by atoms with Gasteiger partial charge in [0.05, 0.1) is 6.04 Å². The first-order valence-electron chi connectivity index (χ1n) is 8.12. The summed E-state index contributed by atoms with van der Waals surface area (Å²) in [6.45, 7) is 3.18. The van der Waals surface area contributed by atoms with Crippen molar-refractivity contribution in [3.05, 3.63) is 35.9 Å². The monoisotopic (exact) mass is 319 g/mol. The minimum absolute atomic E-state index is 0.118. The quantitative estimate of drug-likeness (QED) is 0.832. The molecular formula is C17H25N3O3. The number of benzene rings is 1. The standard InChI is InChI=1S/C17H25N3O3/c1-2-15(18)16(21)20(11-14-9-6-10-19-14)17(22)23-12-13-7-4-3-5-8-13/h3-5,7-8,14-15,19H,2,6,9-12,18H2,1H3. The molecule has 0 aliphatic carbocycles. The van der Waals surface area contributed by atoms with E-state index in [-0.39, 0.29) is 18.6 Å². The normalized spacial score (nSPS) is 18.4. The van der Waals surface area contributed by atoms with Gasteiger partial charge in [0.15, 0.2) is 0 Å². The highest BCUT2D eigenvalue weighted by molar-refractivity contribution is 5.94. The fourth-order valence-corrected chi connectivity index (χ4v) is 2.56. The molecule has 0 bridgehead atoms. The maximum absolute atomic E-state index is 12.4. The molecule has 1 aliphatic heterocycles. The van der Waals surface area contributed by atoms with Gasteiger partial charge in [-0.1, -0.05) is 37.3 Å².